The van der Waals surface area contributed by atoms with E-state index in [1.165, 1.54) is 33.0 Å². The molecule has 8 aromatic carbocycles. The van der Waals surface area contributed by atoms with Crippen LogP contribution in [0.5, 0.6) is 0 Å². The largest absolute Gasteiger partial charge is 0.456 e. The second kappa shape index (κ2) is 13.1. The first-order valence-electron chi connectivity index (χ1n) is 18.1. The Labute approximate surface area is 308 Å². The Kier molecular flexibility index (Phi) is 7.67. The van der Waals surface area contributed by atoms with Crippen LogP contribution in [-0.4, -0.2) is 5.84 Å². The third-order valence-electron chi connectivity index (χ3n) is 10.4. The summed E-state index contributed by atoms with van der Waals surface area (Å²) in [4.78, 5) is 5.22. The molecule has 4 nitrogen and oxygen atoms in total. The molecule has 0 spiro atoms. The van der Waals surface area contributed by atoms with Crippen LogP contribution >= 0.6 is 0 Å². The number of amidine groups is 1. The molecule has 53 heavy (non-hydrogen) atoms. The lowest BCUT2D eigenvalue weighted by atomic mass is 9.96. The number of benzene rings is 8. The maximum Gasteiger partial charge on any atom is 0.136 e. The Morgan fingerprint density at radius 1 is 0.453 bits per heavy atom. The van der Waals surface area contributed by atoms with Crippen molar-refractivity contribution >= 4 is 38.5 Å². The third-order valence-corrected chi connectivity index (χ3v) is 10.4. The van der Waals surface area contributed by atoms with Crippen molar-refractivity contribution in [1.82, 2.24) is 10.6 Å². The van der Waals surface area contributed by atoms with Gasteiger partial charge in [-0.1, -0.05) is 170 Å². The molecule has 0 saturated heterocycles. The lowest BCUT2D eigenvalue weighted by Gasteiger charge is -2.32. The molecule has 1 aliphatic heterocycles. The molecule has 2 atom stereocenters. The minimum atomic E-state index is -0.242. The Hall–Kier alpha value is -6.75. The van der Waals surface area contributed by atoms with Crippen LogP contribution in [-0.2, 0) is 0 Å². The molecule has 1 aliphatic rings. The van der Waals surface area contributed by atoms with Crippen molar-refractivity contribution in [2.75, 3.05) is 0 Å². The van der Waals surface area contributed by atoms with Gasteiger partial charge in [-0.2, -0.15) is 0 Å². The molecule has 1 aromatic heterocycles. The lowest BCUT2D eigenvalue weighted by molar-refractivity contribution is 0.411. The molecular formula is C49H35N3O. The van der Waals surface area contributed by atoms with Crippen molar-refractivity contribution in [3.05, 3.63) is 205 Å². The van der Waals surface area contributed by atoms with Crippen LogP contribution in [0.15, 0.2) is 197 Å². The van der Waals surface area contributed by atoms with Crippen LogP contribution in [0.4, 0.5) is 0 Å². The summed E-state index contributed by atoms with van der Waals surface area (Å²) in [6.07, 6.45) is -0.464. The highest BCUT2D eigenvalue weighted by molar-refractivity contribution is 6.09. The van der Waals surface area contributed by atoms with Crippen molar-refractivity contribution in [3.8, 4) is 33.4 Å². The van der Waals surface area contributed by atoms with Crippen LogP contribution in [0, 0.1) is 0 Å². The second-order valence-corrected chi connectivity index (χ2v) is 13.6. The number of nitrogens with one attached hydrogen (secondary N) is 2. The van der Waals surface area contributed by atoms with Gasteiger partial charge in [-0.15, -0.1) is 0 Å². The summed E-state index contributed by atoms with van der Waals surface area (Å²) < 4.78 is 6.58. The van der Waals surface area contributed by atoms with Crippen LogP contribution in [0.1, 0.15) is 29.0 Å². The van der Waals surface area contributed by atoms with Gasteiger partial charge >= 0.3 is 0 Å². The van der Waals surface area contributed by atoms with Gasteiger partial charge in [-0.25, -0.2) is 4.99 Å². The highest BCUT2D eigenvalue weighted by Gasteiger charge is 2.28. The normalized spacial score (nSPS) is 15.7. The minimum absolute atomic E-state index is 0.222. The standard InChI is InChI=1S/C49H35N3O/c1-3-11-32(12-4-1)33-21-23-34(24-22-33)35-25-27-38(28-26-35)48-50-47(37-14-5-2-6-15-37)51-49(52-48)43-19-10-20-44-46(43)42-30-29-39(31-45(42)53-44)41-18-9-16-36-13-7-8-17-40(36)41/h1-31,47,49,51H,(H,50,52). The zero-order chi connectivity index (χ0) is 35.1. The van der Waals surface area contributed by atoms with E-state index in [1.54, 1.807) is 0 Å². The zero-order valence-corrected chi connectivity index (χ0v) is 28.9. The molecule has 0 fully saturated rings. The van der Waals surface area contributed by atoms with E-state index in [4.69, 9.17) is 9.41 Å². The number of rotatable bonds is 6. The van der Waals surface area contributed by atoms with E-state index in [0.29, 0.717) is 0 Å². The molecule has 0 amide bonds. The van der Waals surface area contributed by atoms with E-state index < -0.39 is 0 Å². The summed E-state index contributed by atoms with van der Waals surface area (Å²) >= 11 is 0. The number of hydrogen-bond donors (Lipinski definition) is 2. The molecule has 252 valence electrons. The van der Waals surface area contributed by atoms with E-state index in [9.17, 15) is 0 Å². The van der Waals surface area contributed by atoms with Gasteiger partial charge in [0, 0.05) is 21.9 Å². The lowest BCUT2D eigenvalue weighted by Crippen LogP contribution is -2.45. The van der Waals surface area contributed by atoms with Crippen molar-refractivity contribution in [3.63, 3.8) is 0 Å². The first-order chi connectivity index (χ1) is 26.2. The smallest absolute Gasteiger partial charge is 0.136 e. The number of aliphatic imine (C=N–C) groups is 1. The van der Waals surface area contributed by atoms with Crippen LogP contribution in [0.2, 0.25) is 0 Å². The first kappa shape index (κ1) is 31.0. The number of fused-ring (bicyclic) bond motifs is 4. The summed E-state index contributed by atoms with van der Waals surface area (Å²) in [5, 5.41) is 12.2. The van der Waals surface area contributed by atoms with E-state index in [1.807, 2.05) is 12.1 Å². The van der Waals surface area contributed by atoms with Crippen LogP contribution in [0.3, 0.4) is 0 Å². The van der Waals surface area contributed by atoms with Gasteiger partial charge in [-0.3, -0.25) is 5.32 Å². The van der Waals surface area contributed by atoms with Gasteiger partial charge in [0.1, 0.15) is 29.3 Å². The number of nitrogens with zero attached hydrogens (tertiary/aromatic N) is 1. The highest BCUT2D eigenvalue weighted by atomic mass is 16.3. The molecule has 2 heterocycles. The summed E-state index contributed by atoms with van der Waals surface area (Å²) in [5.74, 6) is 0.844. The topological polar surface area (TPSA) is 49.6 Å². The molecule has 4 heteroatoms. The Morgan fingerprint density at radius 2 is 1.06 bits per heavy atom. The van der Waals surface area contributed by atoms with Gasteiger partial charge in [0.15, 0.2) is 0 Å². The average molecular weight is 682 g/mol. The molecular weight excluding hydrogens is 647 g/mol. The highest BCUT2D eigenvalue weighted by Crippen LogP contribution is 2.38. The predicted molar refractivity (Wildman–Crippen MR) is 219 cm³/mol. The molecule has 0 aliphatic carbocycles. The molecule has 9 aromatic rings. The van der Waals surface area contributed by atoms with Gasteiger partial charge in [0.2, 0.25) is 0 Å². The maximum atomic E-state index is 6.58. The van der Waals surface area contributed by atoms with E-state index in [2.05, 4.69) is 187 Å². The number of furan rings is 1. The summed E-state index contributed by atoms with van der Waals surface area (Å²) in [6.45, 7) is 0. The Balaban J connectivity index is 1.00. The molecule has 0 saturated carbocycles. The van der Waals surface area contributed by atoms with Crippen molar-refractivity contribution < 1.29 is 4.42 Å². The molecule has 2 N–H and O–H groups in total. The molecule has 0 radical (unpaired) electrons. The van der Waals surface area contributed by atoms with Crippen LogP contribution in [0.25, 0.3) is 66.1 Å². The minimum Gasteiger partial charge on any atom is -0.456 e. The summed E-state index contributed by atoms with van der Waals surface area (Å²) in [7, 11) is 0. The first-order valence-corrected chi connectivity index (χ1v) is 18.1. The maximum absolute atomic E-state index is 6.58. The summed E-state index contributed by atoms with van der Waals surface area (Å²) in [5.41, 5.74) is 12.1. The fourth-order valence-corrected chi connectivity index (χ4v) is 7.72. The Bertz CT molecular complexity index is 2760. The van der Waals surface area contributed by atoms with Gasteiger partial charge in [0.05, 0.1) is 0 Å². The van der Waals surface area contributed by atoms with Crippen molar-refractivity contribution in [2.24, 2.45) is 4.99 Å². The SMILES string of the molecule is c1ccc(-c2ccc(-c3ccc(C4=NC(c5ccccc5)NC(c5cccc6oc7cc(-c8cccc9ccccc89)ccc7c56)N4)cc3)cc2)cc1. The zero-order valence-electron chi connectivity index (χ0n) is 28.9. The van der Waals surface area contributed by atoms with Gasteiger partial charge in [0.25, 0.3) is 0 Å². The quantitative estimate of drug-likeness (QED) is 0.184. The third kappa shape index (κ3) is 5.76. The number of hydrogen-bond acceptors (Lipinski definition) is 4. The van der Waals surface area contributed by atoms with Gasteiger partial charge in [-0.05, 0) is 67.9 Å². The van der Waals surface area contributed by atoms with Crippen molar-refractivity contribution in [2.45, 2.75) is 12.3 Å². The van der Waals surface area contributed by atoms with Crippen molar-refractivity contribution in [1.29, 1.82) is 0 Å². The fraction of sp³-hybridized carbons (Fsp3) is 0.0408. The molecule has 10 rings (SSSR count). The van der Waals surface area contributed by atoms with Gasteiger partial charge < -0.3 is 9.73 Å². The average Bonchev–Trinajstić information content (AvgIpc) is 3.62. The molecule has 2 unspecified atom stereocenters. The fourth-order valence-electron chi connectivity index (χ4n) is 7.72. The van der Waals surface area contributed by atoms with Crippen LogP contribution < -0.4 is 10.6 Å². The predicted octanol–water partition coefficient (Wildman–Crippen LogP) is 12.1. The van der Waals surface area contributed by atoms with E-state index in [-0.39, 0.29) is 12.3 Å². The monoisotopic (exact) mass is 681 g/mol. The second-order valence-electron chi connectivity index (χ2n) is 13.6. The van der Waals surface area contributed by atoms with E-state index >= 15 is 0 Å². The van der Waals surface area contributed by atoms with E-state index in [0.717, 1.165) is 55.6 Å². The Morgan fingerprint density at radius 3 is 1.81 bits per heavy atom. The molecule has 0 bridgehead atoms. The summed E-state index contributed by atoms with van der Waals surface area (Å²) in [6, 6.07) is 66.3.